The molecule has 0 aromatic heterocycles. The molecule has 5 nitrogen and oxygen atoms in total. The van der Waals surface area contributed by atoms with Gasteiger partial charge in [0.05, 0.1) is 10.6 Å². The molecule has 0 heterocycles. The van der Waals surface area contributed by atoms with Crippen molar-refractivity contribution in [1.82, 2.24) is 5.32 Å². The van der Waals surface area contributed by atoms with Crippen molar-refractivity contribution < 1.29 is 13.2 Å². The van der Waals surface area contributed by atoms with Crippen LogP contribution in [0.15, 0.2) is 83.8 Å². The lowest BCUT2D eigenvalue weighted by Crippen LogP contribution is -2.41. The molecule has 0 aliphatic rings. The number of nitrogens with zero attached hydrogens (tertiary/aromatic N) is 1. The summed E-state index contributed by atoms with van der Waals surface area (Å²) in [6.45, 7) is 0.0988. The van der Waals surface area contributed by atoms with E-state index >= 15 is 0 Å². The van der Waals surface area contributed by atoms with E-state index in [-0.39, 0.29) is 17.3 Å². The lowest BCUT2D eigenvalue weighted by atomic mass is 10.2. The highest BCUT2D eigenvalue weighted by Gasteiger charge is 2.27. The summed E-state index contributed by atoms with van der Waals surface area (Å²) in [4.78, 5) is 12.6. The molecule has 3 rings (SSSR count). The highest BCUT2D eigenvalue weighted by atomic mass is 35.5. The summed E-state index contributed by atoms with van der Waals surface area (Å²) in [5.41, 5.74) is 1.52. The highest BCUT2D eigenvalue weighted by Crippen LogP contribution is 2.24. The zero-order chi connectivity index (χ0) is 23.0. The third kappa shape index (κ3) is 6.90. The predicted octanol–water partition coefficient (Wildman–Crippen LogP) is 5.24. The van der Waals surface area contributed by atoms with Crippen LogP contribution >= 0.6 is 35.0 Å². The summed E-state index contributed by atoms with van der Waals surface area (Å²) < 4.78 is 27.6. The first-order valence-electron chi connectivity index (χ1n) is 9.78. The van der Waals surface area contributed by atoms with Crippen LogP contribution in [0.1, 0.15) is 5.56 Å². The van der Waals surface area contributed by atoms with E-state index < -0.39 is 10.0 Å². The minimum Gasteiger partial charge on any atom is -0.354 e. The van der Waals surface area contributed by atoms with Gasteiger partial charge >= 0.3 is 0 Å². The topological polar surface area (TPSA) is 66.5 Å². The second kappa shape index (κ2) is 11.6. The van der Waals surface area contributed by atoms with Crippen LogP contribution in [0.25, 0.3) is 0 Å². The Kier molecular flexibility index (Phi) is 8.87. The van der Waals surface area contributed by atoms with Crippen molar-refractivity contribution in [3.05, 3.63) is 94.5 Å². The molecule has 0 fully saturated rings. The lowest BCUT2D eigenvalue weighted by molar-refractivity contribution is -0.119. The number of para-hydroxylation sites is 1. The molecule has 32 heavy (non-hydrogen) atoms. The minimum absolute atomic E-state index is 0.0654. The molecular formula is C23H22Cl2N2O3S2. The van der Waals surface area contributed by atoms with Crippen molar-refractivity contribution in [3.8, 4) is 0 Å². The fourth-order valence-corrected chi connectivity index (χ4v) is 5.47. The molecule has 3 aromatic rings. The number of halogens is 2. The van der Waals surface area contributed by atoms with Gasteiger partial charge in [-0.2, -0.15) is 11.8 Å². The molecule has 0 saturated heterocycles. The maximum absolute atomic E-state index is 13.2. The van der Waals surface area contributed by atoms with Crippen LogP contribution < -0.4 is 9.62 Å². The zero-order valence-corrected chi connectivity index (χ0v) is 20.2. The van der Waals surface area contributed by atoms with E-state index in [1.54, 1.807) is 42.1 Å². The summed E-state index contributed by atoms with van der Waals surface area (Å²) in [5.74, 6) is 1.08. The lowest BCUT2D eigenvalue weighted by Gasteiger charge is -2.24. The first-order valence-corrected chi connectivity index (χ1v) is 13.1. The van der Waals surface area contributed by atoms with E-state index in [9.17, 15) is 13.2 Å². The van der Waals surface area contributed by atoms with E-state index in [2.05, 4.69) is 5.32 Å². The van der Waals surface area contributed by atoms with Crippen molar-refractivity contribution >= 4 is 56.6 Å². The van der Waals surface area contributed by atoms with Crippen molar-refractivity contribution in [2.75, 3.05) is 23.1 Å². The molecule has 3 aromatic carbocycles. The Morgan fingerprint density at radius 1 is 0.906 bits per heavy atom. The van der Waals surface area contributed by atoms with E-state index in [1.807, 2.05) is 24.3 Å². The van der Waals surface area contributed by atoms with Gasteiger partial charge in [0.15, 0.2) is 0 Å². The van der Waals surface area contributed by atoms with Crippen LogP contribution in [-0.4, -0.2) is 33.2 Å². The summed E-state index contributed by atoms with van der Waals surface area (Å²) >= 11 is 13.5. The van der Waals surface area contributed by atoms with E-state index in [0.29, 0.717) is 28.0 Å². The second-order valence-corrected chi connectivity index (χ2v) is 10.7. The molecule has 1 N–H and O–H groups in total. The molecule has 1 amide bonds. The van der Waals surface area contributed by atoms with Gasteiger partial charge in [0.2, 0.25) is 5.91 Å². The Labute approximate surface area is 202 Å². The van der Waals surface area contributed by atoms with Crippen molar-refractivity contribution in [2.24, 2.45) is 0 Å². The Hall–Kier alpha value is -2.19. The predicted molar refractivity (Wildman–Crippen MR) is 133 cm³/mol. The average molecular weight is 509 g/mol. The average Bonchev–Trinajstić information content (AvgIpc) is 2.78. The smallest absolute Gasteiger partial charge is 0.264 e. The number of hydrogen-bond acceptors (Lipinski definition) is 4. The molecule has 0 atom stereocenters. The number of rotatable bonds is 10. The number of amides is 1. The molecular weight excluding hydrogens is 487 g/mol. The first kappa shape index (κ1) is 24.5. The van der Waals surface area contributed by atoms with Crippen molar-refractivity contribution in [3.63, 3.8) is 0 Å². The second-order valence-electron chi connectivity index (χ2n) is 6.83. The number of sulfonamides is 1. The minimum atomic E-state index is -3.95. The van der Waals surface area contributed by atoms with Gasteiger partial charge in [-0.1, -0.05) is 53.5 Å². The van der Waals surface area contributed by atoms with Crippen LogP contribution in [0.3, 0.4) is 0 Å². The van der Waals surface area contributed by atoms with Gasteiger partial charge in [0, 0.05) is 28.1 Å². The van der Waals surface area contributed by atoms with Crippen LogP contribution in [0.2, 0.25) is 10.0 Å². The molecule has 168 valence electrons. The first-order chi connectivity index (χ1) is 15.4. The highest BCUT2D eigenvalue weighted by molar-refractivity contribution is 7.98. The molecule has 0 aliphatic heterocycles. The zero-order valence-electron chi connectivity index (χ0n) is 17.1. The molecule has 9 heteroatoms. The molecule has 0 aliphatic carbocycles. The maximum atomic E-state index is 13.2. The van der Waals surface area contributed by atoms with Gasteiger partial charge in [-0.15, -0.1) is 0 Å². The van der Waals surface area contributed by atoms with Crippen LogP contribution in [-0.2, 0) is 20.6 Å². The summed E-state index contributed by atoms with van der Waals surface area (Å²) in [7, 11) is -3.95. The summed E-state index contributed by atoms with van der Waals surface area (Å²) in [6.07, 6.45) is 0. The standard InChI is InChI=1S/C23H22Cl2N2O3S2/c24-19-9-11-22(12-10-19)32(29,30)27(21-7-2-1-3-8-21)16-23(28)26-13-14-31-17-18-5-4-6-20(25)15-18/h1-12,15H,13-14,16-17H2,(H,26,28). The molecule has 0 unspecified atom stereocenters. The number of nitrogens with one attached hydrogen (secondary N) is 1. The SMILES string of the molecule is O=C(CN(c1ccccc1)S(=O)(=O)c1ccc(Cl)cc1)NCCSCc1cccc(Cl)c1. The molecule has 0 radical (unpaired) electrons. The number of hydrogen-bond donors (Lipinski definition) is 1. The monoisotopic (exact) mass is 508 g/mol. The largest absolute Gasteiger partial charge is 0.354 e. The van der Waals surface area contributed by atoms with Gasteiger partial charge in [-0.05, 0) is 54.1 Å². The van der Waals surface area contributed by atoms with Crippen LogP contribution in [0.5, 0.6) is 0 Å². The van der Waals surface area contributed by atoms with E-state index in [4.69, 9.17) is 23.2 Å². The third-order valence-corrected chi connectivity index (χ3v) is 7.76. The summed E-state index contributed by atoms with van der Waals surface area (Å²) in [5, 5.41) is 3.93. The number of thioether (sulfide) groups is 1. The Balaban J connectivity index is 1.61. The van der Waals surface area contributed by atoms with Gasteiger partial charge < -0.3 is 5.32 Å². The molecule has 0 spiro atoms. The number of benzene rings is 3. The van der Waals surface area contributed by atoms with Crippen LogP contribution in [0, 0.1) is 0 Å². The van der Waals surface area contributed by atoms with Gasteiger partial charge in [0.1, 0.15) is 6.54 Å². The number of anilines is 1. The fraction of sp³-hybridized carbons (Fsp3) is 0.174. The Bertz CT molecular complexity index is 1140. The maximum Gasteiger partial charge on any atom is 0.264 e. The summed E-state index contributed by atoms with van der Waals surface area (Å²) in [6, 6.07) is 22.1. The normalized spacial score (nSPS) is 11.2. The van der Waals surface area contributed by atoms with Crippen molar-refractivity contribution in [1.29, 1.82) is 0 Å². The van der Waals surface area contributed by atoms with E-state index in [0.717, 1.165) is 15.6 Å². The van der Waals surface area contributed by atoms with E-state index in [1.165, 1.54) is 24.3 Å². The van der Waals surface area contributed by atoms with Gasteiger partial charge in [0.25, 0.3) is 10.0 Å². The number of carbonyl (C=O) groups excluding carboxylic acids is 1. The van der Waals surface area contributed by atoms with Gasteiger partial charge in [-0.25, -0.2) is 8.42 Å². The quantitative estimate of drug-likeness (QED) is 0.380. The fourth-order valence-electron chi connectivity index (χ4n) is 2.91. The Morgan fingerprint density at radius 2 is 1.62 bits per heavy atom. The molecule has 0 bridgehead atoms. The Morgan fingerprint density at radius 3 is 2.31 bits per heavy atom. The van der Waals surface area contributed by atoms with Gasteiger partial charge in [-0.3, -0.25) is 9.10 Å². The van der Waals surface area contributed by atoms with Crippen LogP contribution in [0.4, 0.5) is 5.69 Å². The van der Waals surface area contributed by atoms with Crippen molar-refractivity contribution in [2.45, 2.75) is 10.6 Å². The number of carbonyl (C=O) groups is 1. The molecule has 0 saturated carbocycles. The third-order valence-electron chi connectivity index (χ3n) is 4.46.